The molecular weight excluding hydrogens is 302 g/mol. The molecule has 128 valence electrons. The predicted molar refractivity (Wildman–Crippen MR) is 94.4 cm³/mol. The topological polar surface area (TPSA) is 46.6 Å². The smallest absolute Gasteiger partial charge is 0.336 e. The molecule has 0 radical (unpaired) electrons. The van der Waals surface area contributed by atoms with Crippen molar-refractivity contribution in [3.8, 4) is 0 Å². The molecule has 0 aliphatic carbocycles. The first-order valence-corrected chi connectivity index (χ1v) is 8.24. The van der Waals surface area contributed by atoms with Crippen LogP contribution in [-0.2, 0) is 14.3 Å². The molecular formula is C20H25NO3. The molecule has 24 heavy (non-hydrogen) atoms. The molecule has 1 atom stereocenters. The first-order chi connectivity index (χ1) is 11.3. The van der Waals surface area contributed by atoms with Crippen molar-refractivity contribution in [2.24, 2.45) is 0 Å². The number of hydrogen-bond donors (Lipinski definition) is 0. The summed E-state index contributed by atoms with van der Waals surface area (Å²) in [5, 5.41) is 0. The van der Waals surface area contributed by atoms with Gasteiger partial charge in [-0.15, -0.1) is 6.58 Å². The van der Waals surface area contributed by atoms with Crippen LogP contribution in [0, 0.1) is 6.92 Å². The number of hydrogen-bond acceptors (Lipinski definition) is 3. The number of allylic oxidation sites excluding steroid dienone is 1. The number of rotatable bonds is 5. The van der Waals surface area contributed by atoms with Gasteiger partial charge in [0.2, 0.25) is 5.91 Å². The van der Waals surface area contributed by atoms with Gasteiger partial charge in [0.25, 0.3) is 0 Å². The Labute approximate surface area is 143 Å². The Morgan fingerprint density at radius 2 is 1.96 bits per heavy atom. The van der Waals surface area contributed by atoms with Gasteiger partial charge in [-0.2, -0.15) is 0 Å². The molecule has 1 unspecified atom stereocenters. The Morgan fingerprint density at radius 1 is 1.33 bits per heavy atom. The molecule has 0 spiro atoms. The fraction of sp³-hybridized carbons (Fsp3) is 0.400. The molecule has 0 N–H and O–H groups in total. The molecule has 1 aliphatic rings. The number of esters is 1. The first kappa shape index (κ1) is 18.0. The van der Waals surface area contributed by atoms with Crippen molar-refractivity contribution in [2.45, 2.75) is 46.1 Å². The van der Waals surface area contributed by atoms with Gasteiger partial charge in [-0.1, -0.05) is 35.9 Å². The summed E-state index contributed by atoms with van der Waals surface area (Å²) in [7, 11) is 0. The maximum absolute atomic E-state index is 12.7. The van der Waals surface area contributed by atoms with Crippen molar-refractivity contribution < 1.29 is 14.3 Å². The van der Waals surface area contributed by atoms with Crippen LogP contribution in [0.4, 0.5) is 0 Å². The highest BCUT2D eigenvalue weighted by Crippen LogP contribution is 2.37. The molecule has 0 aromatic heterocycles. The van der Waals surface area contributed by atoms with Gasteiger partial charge in [-0.05, 0) is 33.3 Å². The Hall–Kier alpha value is -2.36. The van der Waals surface area contributed by atoms with Crippen molar-refractivity contribution in [2.75, 3.05) is 6.54 Å². The highest BCUT2D eigenvalue weighted by atomic mass is 16.5. The number of aryl methyl sites for hydroxylation is 1. The number of benzene rings is 1. The lowest BCUT2D eigenvalue weighted by molar-refractivity contribution is -0.143. The first-order valence-electron chi connectivity index (χ1n) is 8.24. The van der Waals surface area contributed by atoms with E-state index in [2.05, 4.69) is 6.58 Å². The van der Waals surface area contributed by atoms with Crippen LogP contribution in [0.3, 0.4) is 0 Å². The van der Waals surface area contributed by atoms with Crippen molar-refractivity contribution in [3.63, 3.8) is 0 Å². The molecule has 2 rings (SSSR count). The van der Waals surface area contributed by atoms with Gasteiger partial charge in [0.15, 0.2) is 0 Å². The Kier molecular flexibility index (Phi) is 5.60. The zero-order valence-corrected chi connectivity index (χ0v) is 14.8. The lowest BCUT2D eigenvalue weighted by atomic mass is 9.83. The summed E-state index contributed by atoms with van der Waals surface area (Å²) in [5.41, 5.74) is 3.32. The number of carbonyl (C=O) groups excluding carboxylic acids is 2. The Balaban J connectivity index is 2.51. The Bertz CT molecular complexity index is 671. The maximum atomic E-state index is 12.7. The van der Waals surface area contributed by atoms with E-state index in [9.17, 15) is 9.59 Å². The minimum absolute atomic E-state index is 0.000859. The average Bonchev–Trinajstić information content (AvgIpc) is 2.50. The van der Waals surface area contributed by atoms with Gasteiger partial charge in [-0.3, -0.25) is 4.79 Å². The highest BCUT2D eigenvalue weighted by molar-refractivity contribution is 5.96. The molecule has 0 saturated carbocycles. The quantitative estimate of drug-likeness (QED) is 0.611. The highest BCUT2D eigenvalue weighted by Gasteiger charge is 2.36. The van der Waals surface area contributed by atoms with E-state index >= 15 is 0 Å². The average molecular weight is 327 g/mol. The second-order valence-electron chi connectivity index (χ2n) is 6.41. The van der Waals surface area contributed by atoms with Crippen LogP contribution in [0.5, 0.6) is 0 Å². The van der Waals surface area contributed by atoms with Crippen molar-refractivity contribution >= 4 is 11.9 Å². The SMILES string of the molecule is C=CCN1C(=O)CC(c2ccc(C)cc2)C(C(=O)OC(C)C)=C1C. The lowest BCUT2D eigenvalue weighted by Gasteiger charge is -2.34. The fourth-order valence-corrected chi connectivity index (χ4v) is 2.99. The summed E-state index contributed by atoms with van der Waals surface area (Å²) >= 11 is 0. The van der Waals surface area contributed by atoms with E-state index < -0.39 is 0 Å². The zero-order chi connectivity index (χ0) is 17.9. The second-order valence-corrected chi connectivity index (χ2v) is 6.41. The molecule has 0 saturated heterocycles. The van der Waals surface area contributed by atoms with E-state index in [1.165, 1.54) is 0 Å². The monoisotopic (exact) mass is 327 g/mol. The molecule has 4 heteroatoms. The van der Waals surface area contributed by atoms with Gasteiger partial charge in [0.05, 0.1) is 11.7 Å². The van der Waals surface area contributed by atoms with E-state index in [1.54, 1.807) is 17.9 Å². The molecule has 1 amide bonds. The van der Waals surface area contributed by atoms with Crippen LogP contribution in [0.2, 0.25) is 0 Å². The summed E-state index contributed by atoms with van der Waals surface area (Å²) in [5.74, 6) is -0.626. The van der Waals surface area contributed by atoms with Crippen molar-refractivity contribution in [3.05, 3.63) is 59.3 Å². The van der Waals surface area contributed by atoms with Crippen molar-refractivity contribution in [1.82, 2.24) is 4.90 Å². The molecule has 4 nitrogen and oxygen atoms in total. The zero-order valence-electron chi connectivity index (χ0n) is 14.8. The molecule has 1 aromatic rings. The summed E-state index contributed by atoms with van der Waals surface area (Å²) in [6.45, 7) is 11.6. The number of carbonyl (C=O) groups is 2. The normalized spacial score (nSPS) is 18.1. The van der Waals surface area contributed by atoms with Gasteiger partial charge in [-0.25, -0.2) is 4.79 Å². The molecule has 1 aliphatic heterocycles. The van der Waals surface area contributed by atoms with E-state index in [1.807, 2.05) is 45.0 Å². The maximum Gasteiger partial charge on any atom is 0.336 e. The van der Waals surface area contributed by atoms with Gasteiger partial charge in [0, 0.05) is 24.6 Å². The number of amides is 1. The fourth-order valence-electron chi connectivity index (χ4n) is 2.99. The standard InChI is InChI=1S/C20H25NO3/c1-6-11-21-15(5)19(20(23)24-13(2)3)17(12-18(21)22)16-9-7-14(4)8-10-16/h6-10,13,17H,1,11-12H2,2-5H3. The predicted octanol–water partition coefficient (Wildman–Crippen LogP) is 3.72. The minimum atomic E-state index is -0.352. The van der Waals surface area contributed by atoms with Crippen LogP contribution in [0.15, 0.2) is 48.2 Å². The van der Waals surface area contributed by atoms with Crippen LogP contribution >= 0.6 is 0 Å². The third-order valence-electron chi connectivity index (χ3n) is 4.18. The van der Waals surface area contributed by atoms with Gasteiger partial charge < -0.3 is 9.64 Å². The Morgan fingerprint density at radius 3 is 2.50 bits per heavy atom. The summed E-state index contributed by atoms with van der Waals surface area (Å²) in [6, 6.07) is 7.95. The molecule has 1 aromatic carbocycles. The third-order valence-corrected chi connectivity index (χ3v) is 4.18. The van der Waals surface area contributed by atoms with E-state index in [4.69, 9.17) is 4.74 Å². The number of ether oxygens (including phenoxy) is 1. The second kappa shape index (κ2) is 7.47. The van der Waals surface area contributed by atoms with Gasteiger partial charge in [0.1, 0.15) is 0 Å². The third kappa shape index (κ3) is 3.75. The van der Waals surface area contributed by atoms with Gasteiger partial charge >= 0.3 is 5.97 Å². The van der Waals surface area contributed by atoms with Crippen LogP contribution in [0.1, 0.15) is 44.2 Å². The van der Waals surface area contributed by atoms with Crippen LogP contribution < -0.4 is 0 Å². The van der Waals surface area contributed by atoms with E-state index in [0.717, 1.165) is 11.1 Å². The summed E-state index contributed by atoms with van der Waals surface area (Å²) < 4.78 is 5.44. The van der Waals surface area contributed by atoms with E-state index in [-0.39, 0.29) is 30.3 Å². The largest absolute Gasteiger partial charge is 0.460 e. The summed E-state index contributed by atoms with van der Waals surface area (Å²) in [4.78, 5) is 26.8. The number of nitrogens with zero attached hydrogens (tertiary/aromatic N) is 1. The summed E-state index contributed by atoms with van der Waals surface area (Å²) in [6.07, 6.45) is 1.72. The molecule has 0 fully saturated rings. The minimum Gasteiger partial charge on any atom is -0.460 e. The van der Waals surface area contributed by atoms with E-state index in [0.29, 0.717) is 17.8 Å². The van der Waals surface area contributed by atoms with Crippen LogP contribution in [0.25, 0.3) is 0 Å². The lowest BCUT2D eigenvalue weighted by Crippen LogP contribution is -2.38. The van der Waals surface area contributed by atoms with Crippen LogP contribution in [-0.4, -0.2) is 29.4 Å². The molecule has 0 bridgehead atoms. The molecule has 1 heterocycles. The van der Waals surface area contributed by atoms with Crippen molar-refractivity contribution in [1.29, 1.82) is 0 Å².